The summed E-state index contributed by atoms with van der Waals surface area (Å²) in [4.78, 5) is 0. The summed E-state index contributed by atoms with van der Waals surface area (Å²) in [5.74, 6) is 4.92. The second-order valence-electron chi connectivity index (χ2n) is 7.62. The smallest absolute Gasteiger partial charge is 0.000824 e. The topological polar surface area (TPSA) is 26.0 Å². The number of hydrogen-bond acceptors (Lipinski definition) is 2. The SMILES string of the molecule is CCCC(CN)c1ccc2c(c1)CCC(CCSCC(C)C)C2. The van der Waals surface area contributed by atoms with Crippen molar-refractivity contribution >= 4 is 11.8 Å². The number of nitrogens with two attached hydrogens (primary N) is 1. The van der Waals surface area contributed by atoms with Crippen molar-refractivity contribution in [3.8, 4) is 0 Å². The number of aryl methyl sites for hydroxylation is 1. The second kappa shape index (κ2) is 9.74. The zero-order valence-electron chi connectivity index (χ0n) is 15.3. The van der Waals surface area contributed by atoms with Crippen LogP contribution in [0, 0.1) is 11.8 Å². The van der Waals surface area contributed by atoms with E-state index in [-0.39, 0.29) is 0 Å². The number of fused-ring (bicyclic) bond motifs is 1. The average molecular weight is 334 g/mol. The van der Waals surface area contributed by atoms with Crippen LogP contribution in [0.4, 0.5) is 0 Å². The van der Waals surface area contributed by atoms with Crippen LogP contribution >= 0.6 is 11.8 Å². The molecule has 0 fully saturated rings. The molecule has 1 aliphatic carbocycles. The maximum absolute atomic E-state index is 5.98. The van der Waals surface area contributed by atoms with Crippen LogP contribution in [0.5, 0.6) is 0 Å². The molecule has 0 aliphatic heterocycles. The minimum atomic E-state index is 0.551. The van der Waals surface area contributed by atoms with Crippen molar-refractivity contribution in [1.82, 2.24) is 0 Å². The molecule has 0 saturated heterocycles. The summed E-state index contributed by atoms with van der Waals surface area (Å²) in [6.07, 6.45) is 7.75. The van der Waals surface area contributed by atoms with Crippen LogP contribution in [-0.4, -0.2) is 18.1 Å². The Kier molecular flexibility index (Phi) is 7.98. The van der Waals surface area contributed by atoms with Crippen LogP contribution < -0.4 is 5.73 Å². The Labute approximate surface area is 147 Å². The molecule has 2 atom stereocenters. The summed E-state index contributed by atoms with van der Waals surface area (Å²) >= 11 is 2.14. The maximum atomic E-state index is 5.98. The molecular formula is C21H35NS. The number of rotatable bonds is 9. The fraction of sp³-hybridized carbons (Fsp3) is 0.714. The highest BCUT2D eigenvalue weighted by molar-refractivity contribution is 7.99. The first-order valence-corrected chi connectivity index (χ1v) is 10.7. The van der Waals surface area contributed by atoms with Gasteiger partial charge in [0.25, 0.3) is 0 Å². The Hall–Kier alpha value is -0.470. The van der Waals surface area contributed by atoms with E-state index in [1.165, 1.54) is 55.6 Å². The molecule has 0 saturated carbocycles. The minimum Gasteiger partial charge on any atom is -0.330 e. The van der Waals surface area contributed by atoms with Crippen LogP contribution in [0.25, 0.3) is 0 Å². The highest BCUT2D eigenvalue weighted by Gasteiger charge is 2.20. The molecular weight excluding hydrogens is 298 g/mol. The van der Waals surface area contributed by atoms with Crippen LogP contribution in [0.15, 0.2) is 18.2 Å². The van der Waals surface area contributed by atoms with Crippen LogP contribution in [0.3, 0.4) is 0 Å². The molecule has 2 N–H and O–H groups in total. The summed E-state index contributed by atoms with van der Waals surface area (Å²) < 4.78 is 0. The average Bonchev–Trinajstić information content (AvgIpc) is 2.56. The van der Waals surface area contributed by atoms with Gasteiger partial charge in [-0.05, 0) is 84.6 Å². The van der Waals surface area contributed by atoms with Gasteiger partial charge in [0, 0.05) is 0 Å². The lowest BCUT2D eigenvalue weighted by Crippen LogP contribution is -2.17. The fourth-order valence-electron chi connectivity index (χ4n) is 3.69. The highest BCUT2D eigenvalue weighted by Crippen LogP contribution is 2.31. The van der Waals surface area contributed by atoms with Gasteiger partial charge in [-0.1, -0.05) is 45.4 Å². The van der Waals surface area contributed by atoms with Crippen LogP contribution in [0.1, 0.15) is 69.1 Å². The maximum Gasteiger partial charge on any atom is -0.000824 e. The molecule has 1 aliphatic rings. The van der Waals surface area contributed by atoms with Gasteiger partial charge in [-0.2, -0.15) is 11.8 Å². The van der Waals surface area contributed by atoms with E-state index in [0.717, 1.165) is 18.4 Å². The van der Waals surface area contributed by atoms with E-state index < -0.39 is 0 Å². The Morgan fingerprint density at radius 3 is 2.78 bits per heavy atom. The monoisotopic (exact) mass is 333 g/mol. The Morgan fingerprint density at radius 2 is 2.09 bits per heavy atom. The van der Waals surface area contributed by atoms with Crippen molar-refractivity contribution in [1.29, 1.82) is 0 Å². The summed E-state index contributed by atoms with van der Waals surface area (Å²) in [6, 6.07) is 7.21. The van der Waals surface area contributed by atoms with E-state index in [9.17, 15) is 0 Å². The molecule has 2 heteroatoms. The van der Waals surface area contributed by atoms with Crippen molar-refractivity contribution in [2.75, 3.05) is 18.1 Å². The Bertz CT molecular complexity index is 469. The third-order valence-corrected chi connectivity index (χ3v) is 6.50. The van der Waals surface area contributed by atoms with Crippen molar-refractivity contribution in [3.63, 3.8) is 0 Å². The molecule has 0 spiro atoms. The van der Waals surface area contributed by atoms with E-state index in [0.29, 0.717) is 5.92 Å². The number of thioether (sulfide) groups is 1. The fourth-order valence-corrected chi connectivity index (χ4v) is 4.83. The molecule has 0 aromatic heterocycles. The zero-order valence-corrected chi connectivity index (χ0v) is 16.1. The van der Waals surface area contributed by atoms with E-state index in [2.05, 4.69) is 50.7 Å². The molecule has 0 radical (unpaired) electrons. The predicted octanol–water partition coefficient (Wildman–Crippen LogP) is 5.41. The first-order valence-electron chi connectivity index (χ1n) is 9.53. The summed E-state index contributed by atoms with van der Waals surface area (Å²) in [7, 11) is 0. The van der Waals surface area contributed by atoms with E-state index in [1.807, 2.05) is 0 Å². The molecule has 1 aromatic rings. The molecule has 0 heterocycles. The van der Waals surface area contributed by atoms with Crippen molar-refractivity contribution in [2.24, 2.45) is 17.6 Å². The van der Waals surface area contributed by atoms with E-state index >= 15 is 0 Å². The molecule has 0 bridgehead atoms. The van der Waals surface area contributed by atoms with Gasteiger partial charge in [0.15, 0.2) is 0 Å². The Morgan fingerprint density at radius 1 is 1.26 bits per heavy atom. The van der Waals surface area contributed by atoms with E-state index in [4.69, 9.17) is 5.73 Å². The lowest BCUT2D eigenvalue weighted by Gasteiger charge is -2.26. The lowest BCUT2D eigenvalue weighted by atomic mass is 9.80. The third kappa shape index (κ3) is 5.83. The van der Waals surface area contributed by atoms with Gasteiger partial charge in [0.1, 0.15) is 0 Å². The predicted molar refractivity (Wildman–Crippen MR) is 105 cm³/mol. The lowest BCUT2D eigenvalue weighted by molar-refractivity contribution is 0.447. The van der Waals surface area contributed by atoms with Gasteiger partial charge < -0.3 is 5.73 Å². The van der Waals surface area contributed by atoms with Gasteiger partial charge >= 0.3 is 0 Å². The van der Waals surface area contributed by atoms with Gasteiger partial charge in [0.2, 0.25) is 0 Å². The van der Waals surface area contributed by atoms with Gasteiger partial charge in [-0.25, -0.2) is 0 Å². The largest absolute Gasteiger partial charge is 0.330 e. The molecule has 1 aromatic carbocycles. The highest BCUT2D eigenvalue weighted by atomic mass is 32.2. The quantitative estimate of drug-likeness (QED) is 0.611. The van der Waals surface area contributed by atoms with Crippen molar-refractivity contribution in [3.05, 3.63) is 34.9 Å². The zero-order chi connectivity index (χ0) is 16.7. The normalized spacial score (nSPS) is 18.9. The molecule has 2 rings (SSSR count). The Balaban J connectivity index is 1.89. The second-order valence-corrected chi connectivity index (χ2v) is 8.77. The van der Waals surface area contributed by atoms with Crippen molar-refractivity contribution < 1.29 is 0 Å². The van der Waals surface area contributed by atoms with Gasteiger partial charge in [-0.3, -0.25) is 0 Å². The standard InChI is InChI=1S/C21H35NS/c1-4-5-21(14-22)20-9-8-18-12-17(6-7-19(18)13-20)10-11-23-15-16(2)3/h8-9,13,16-17,21H,4-7,10-12,14-15,22H2,1-3H3. The summed E-state index contributed by atoms with van der Waals surface area (Å²) in [5.41, 5.74) is 10.7. The summed E-state index contributed by atoms with van der Waals surface area (Å²) in [6.45, 7) is 7.66. The van der Waals surface area contributed by atoms with Crippen LogP contribution in [-0.2, 0) is 12.8 Å². The number of hydrogen-bond donors (Lipinski definition) is 1. The van der Waals surface area contributed by atoms with Gasteiger partial charge in [-0.15, -0.1) is 0 Å². The first kappa shape index (κ1) is 18.9. The molecule has 130 valence electrons. The van der Waals surface area contributed by atoms with E-state index in [1.54, 1.807) is 11.1 Å². The molecule has 2 unspecified atom stereocenters. The molecule has 0 amide bonds. The number of benzene rings is 1. The van der Waals surface area contributed by atoms with Crippen molar-refractivity contribution in [2.45, 2.75) is 65.2 Å². The first-order chi connectivity index (χ1) is 11.1. The van der Waals surface area contributed by atoms with Crippen LogP contribution in [0.2, 0.25) is 0 Å². The molecule has 1 nitrogen and oxygen atoms in total. The molecule has 23 heavy (non-hydrogen) atoms. The summed E-state index contributed by atoms with van der Waals surface area (Å²) in [5, 5.41) is 0. The minimum absolute atomic E-state index is 0.551. The van der Waals surface area contributed by atoms with Gasteiger partial charge in [0.05, 0.1) is 0 Å². The third-order valence-electron chi connectivity index (χ3n) is 5.08.